The molecule has 0 aromatic heterocycles. The molecule has 0 saturated carbocycles. The fraction of sp³-hybridized carbons (Fsp3) is 0.900. The summed E-state index contributed by atoms with van der Waals surface area (Å²) in [7, 11) is 1.84. The van der Waals surface area contributed by atoms with E-state index in [0.29, 0.717) is 18.9 Å². The maximum Gasteiger partial charge on any atom is 0.222 e. The molecule has 1 amide bonds. The third-order valence-electron chi connectivity index (χ3n) is 2.68. The van der Waals surface area contributed by atoms with Crippen molar-refractivity contribution in [1.29, 1.82) is 0 Å². The molecule has 0 radical (unpaired) electrons. The van der Waals surface area contributed by atoms with Crippen LogP contribution in [0.4, 0.5) is 0 Å². The van der Waals surface area contributed by atoms with Gasteiger partial charge in [0.2, 0.25) is 5.91 Å². The van der Waals surface area contributed by atoms with Gasteiger partial charge in [0.05, 0.1) is 0 Å². The molecule has 4 heteroatoms. The lowest BCUT2D eigenvalue weighted by molar-refractivity contribution is -0.133. The largest absolute Gasteiger partial charge is 0.396 e. The van der Waals surface area contributed by atoms with Crippen molar-refractivity contribution in [3.63, 3.8) is 0 Å². The maximum atomic E-state index is 11.6. The van der Waals surface area contributed by atoms with E-state index in [9.17, 15) is 4.79 Å². The highest BCUT2D eigenvalue weighted by Gasteiger charge is 2.21. The minimum atomic E-state index is 0.0906. The molecule has 0 aromatic rings. The van der Waals surface area contributed by atoms with Crippen molar-refractivity contribution in [2.45, 2.75) is 31.7 Å². The third-order valence-corrected chi connectivity index (χ3v) is 2.68. The standard InChI is InChI=1S/C10H19NO3/c1-11(10(13)3-2-6-12)9-4-7-14-8-5-9/h9,12H,2-8H2,1H3. The van der Waals surface area contributed by atoms with Gasteiger partial charge in [-0.15, -0.1) is 0 Å². The molecule has 1 rings (SSSR count). The van der Waals surface area contributed by atoms with Gasteiger partial charge >= 0.3 is 0 Å². The first kappa shape index (κ1) is 11.5. The van der Waals surface area contributed by atoms with Gasteiger partial charge in [0, 0.05) is 39.3 Å². The molecule has 1 fully saturated rings. The van der Waals surface area contributed by atoms with Crippen molar-refractivity contribution in [3.8, 4) is 0 Å². The van der Waals surface area contributed by atoms with Crippen molar-refractivity contribution >= 4 is 5.91 Å². The van der Waals surface area contributed by atoms with Crippen LogP contribution in [-0.4, -0.2) is 48.8 Å². The molecule has 0 spiro atoms. The second-order valence-corrected chi connectivity index (χ2v) is 3.68. The van der Waals surface area contributed by atoms with Crippen LogP contribution < -0.4 is 0 Å². The maximum absolute atomic E-state index is 11.6. The average Bonchev–Trinajstić information content (AvgIpc) is 2.26. The van der Waals surface area contributed by atoms with Crippen LogP contribution >= 0.6 is 0 Å². The molecular weight excluding hydrogens is 182 g/mol. The summed E-state index contributed by atoms with van der Waals surface area (Å²) < 4.78 is 5.23. The Morgan fingerprint density at radius 3 is 2.71 bits per heavy atom. The lowest BCUT2D eigenvalue weighted by atomic mass is 10.1. The van der Waals surface area contributed by atoms with Crippen LogP contribution in [0, 0.1) is 0 Å². The lowest BCUT2D eigenvalue weighted by Gasteiger charge is -2.31. The third kappa shape index (κ3) is 3.27. The zero-order chi connectivity index (χ0) is 10.4. The first-order chi connectivity index (χ1) is 6.75. The van der Waals surface area contributed by atoms with E-state index < -0.39 is 0 Å². The fourth-order valence-electron chi connectivity index (χ4n) is 1.68. The monoisotopic (exact) mass is 201 g/mol. The van der Waals surface area contributed by atoms with E-state index in [-0.39, 0.29) is 12.5 Å². The number of carbonyl (C=O) groups excluding carboxylic acids is 1. The van der Waals surface area contributed by atoms with Gasteiger partial charge in [0.25, 0.3) is 0 Å². The molecule has 1 aliphatic rings. The molecule has 0 aromatic carbocycles. The first-order valence-corrected chi connectivity index (χ1v) is 5.20. The summed E-state index contributed by atoms with van der Waals surface area (Å²) in [5.74, 6) is 0.131. The summed E-state index contributed by atoms with van der Waals surface area (Å²) in [6.07, 6.45) is 2.87. The van der Waals surface area contributed by atoms with Gasteiger partial charge in [-0.05, 0) is 19.3 Å². The van der Waals surface area contributed by atoms with Crippen LogP contribution in [0.25, 0.3) is 0 Å². The molecule has 82 valence electrons. The van der Waals surface area contributed by atoms with Gasteiger partial charge in [0.15, 0.2) is 0 Å². The summed E-state index contributed by atoms with van der Waals surface area (Å²) >= 11 is 0. The van der Waals surface area contributed by atoms with E-state index in [2.05, 4.69) is 0 Å². The van der Waals surface area contributed by atoms with Crippen molar-refractivity contribution in [1.82, 2.24) is 4.90 Å². The Bertz CT molecular complexity index is 178. The van der Waals surface area contributed by atoms with Gasteiger partial charge in [-0.2, -0.15) is 0 Å². The van der Waals surface area contributed by atoms with Crippen LogP contribution in [0.1, 0.15) is 25.7 Å². The summed E-state index contributed by atoms with van der Waals surface area (Å²) in [5.41, 5.74) is 0. The highest BCUT2D eigenvalue weighted by molar-refractivity contribution is 5.76. The van der Waals surface area contributed by atoms with Crippen molar-refractivity contribution in [3.05, 3.63) is 0 Å². The molecule has 1 heterocycles. The van der Waals surface area contributed by atoms with Crippen LogP contribution in [0.15, 0.2) is 0 Å². The Morgan fingerprint density at radius 2 is 2.14 bits per heavy atom. The number of aliphatic hydroxyl groups is 1. The minimum Gasteiger partial charge on any atom is -0.396 e. The molecule has 4 nitrogen and oxygen atoms in total. The number of nitrogens with zero attached hydrogens (tertiary/aromatic N) is 1. The Kier molecular flexibility index (Phi) is 4.90. The summed E-state index contributed by atoms with van der Waals surface area (Å²) in [5, 5.41) is 8.62. The zero-order valence-corrected chi connectivity index (χ0v) is 8.74. The van der Waals surface area contributed by atoms with Gasteiger partial charge in [-0.1, -0.05) is 0 Å². The van der Waals surface area contributed by atoms with E-state index in [1.807, 2.05) is 7.05 Å². The van der Waals surface area contributed by atoms with Crippen LogP contribution in [0.3, 0.4) is 0 Å². The van der Waals surface area contributed by atoms with Crippen molar-refractivity contribution < 1.29 is 14.6 Å². The average molecular weight is 201 g/mol. The van der Waals surface area contributed by atoms with E-state index in [1.165, 1.54) is 0 Å². The molecular formula is C10H19NO3. The second-order valence-electron chi connectivity index (χ2n) is 3.68. The second kappa shape index (κ2) is 5.98. The summed E-state index contributed by atoms with van der Waals surface area (Å²) in [6, 6.07) is 0.329. The van der Waals surface area contributed by atoms with E-state index in [1.54, 1.807) is 4.90 Å². The van der Waals surface area contributed by atoms with Crippen molar-refractivity contribution in [2.24, 2.45) is 0 Å². The first-order valence-electron chi connectivity index (χ1n) is 5.20. The van der Waals surface area contributed by atoms with E-state index in [4.69, 9.17) is 9.84 Å². The van der Waals surface area contributed by atoms with Gasteiger partial charge < -0.3 is 14.7 Å². The van der Waals surface area contributed by atoms with Crippen LogP contribution in [0.2, 0.25) is 0 Å². The van der Waals surface area contributed by atoms with Gasteiger partial charge in [-0.25, -0.2) is 0 Å². The predicted octanol–water partition coefficient (Wildman–Crippen LogP) is 0.396. The number of ether oxygens (including phenoxy) is 1. The van der Waals surface area contributed by atoms with Crippen molar-refractivity contribution in [2.75, 3.05) is 26.9 Å². The summed E-state index contributed by atoms with van der Waals surface area (Å²) in [4.78, 5) is 13.4. The number of hydrogen-bond donors (Lipinski definition) is 1. The molecule has 0 unspecified atom stereocenters. The highest BCUT2D eigenvalue weighted by Crippen LogP contribution is 2.13. The smallest absolute Gasteiger partial charge is 0.222 e. The Hall–Kier alpha value is -0.610. The SMILES string of the molecule is CN(C(=O)CCCO)C1CCOCC1. The Morgan fingerprint density at radius 1 is 1.50 bits per heavy atom. The van der Waals surface area contributed by atoms with E-state index >= 15 is 0 Å². The summed E-state index contributed by atoms with van der Waals surface area (Å²) in [6.45, 7) is 1.60. The molecule has 1 N–H and O–H groups in total. The Labute approximate surface area is 84.8 Å². The van der Waals surface area contributed by atoms with Crippen LogP contribution in [0.5, 0.6) is 0 Å². The van der Waals surface area contributed by atoms with Gasteiger partial charge in [-0.3, -0.25) is 4.79 Å². The van der Waals surface area contributed by atoms with Crippen LogP contribution in [-0.2, 0) is 9.53 Å². The molecule has 1 aliphatic heterocycles. The number of amides is 1. The number of carbonyl (C=O) groups is 1. The Balaban J connectivity index is 2.30. The molecule has 0 atom stereocenters. The fourth-order valence-corrected chi connectivity index (χ4v) is 1.68. The number of aliphatic hydroxyl groups excluding tert-OH is 1. The predicted molar refractivity (Wildman–Crippen MR) is 52.9 cm³/mol. The number of rotatable bonds is 4. The topological polar surface area (TPSA) is 49.8 Å². The molecule has 0 bridgehead atoms. The highest BCUT2D eigenvalue weighted by atomic mass is 16.5. The minimum absolute atomic E-state index is 0.0906. The normalized spacial score (nSPS) is 18.1. The molecule has 1 saturated heterocycles. The lowest BCUT2D eigenvalue weighted by Crippen LogP contribution is -2.40. The van der Waals surface area contributed by atoms with E-state index in [0.717, 1.165) is 26.1 Å². The van der Waals surface area contributed by atoms with Gasteiger partial charge in [0.1, 0.15) is 0 Å². The quantitative estimate of drug-likeness (QED) is 0.716. The number of hydrogen-bond acceptors (Lipinski definition) is 3. The molecule has 0 aliphatic carbocycles. The zero-order valence-electron chi connectivity index (χ0n) is 8.74. The molecule has 14 heavy (non-hydrogen) atoms.